The molecule has 0 radical (unpaired) electrons. The van der Waals surface area contributed by atoms with E-state index in [-0.39, 0.29) is 18.6 Å². The highest BCUT2D eigenvalue weighted by Gasteiger charge is 2.35. The van der Waals surface area contributed by atoms with Gasteiger partial charge in [-0.1, -0.05) is 48.0 Å². The molecule has 3 aromatic carbocycles. The zero-order valence-electron chi connectivity index (χ0n) is 16.5. The molecule has 0 spiro atoms. The maximum Gasteiger partial charge on any atom is 0.256 e. The standard InChI is InChI=1S/C24H19ClN2O4/c25-19-8-4-3-7-18(19)24(29)27-13-16-6-2-1-5-15(16)11-20(27)23(28)26-17-9-10-21-22(12-17)31-14-30-21/h1-10,12,20H,11,13-14H2,(H,26,28). The van der Waals surface area contributed by atoms with Crippen molar-refractivity contribution < 1.29 is 19.1 Å². The summed E-state index contributed by atoms with van der Waals surface area (Å²) < 4.78 is 10.7. The van der Waals surface area contributed by atoms with Crippen molar-refractivity contribution in [3.8, 4) is 11.5 Å². The Morgan fingerprint density at radius 2 is 1.68 bits per heavy atom. The molecule has 0 saturated heterocycles. The van der Waals surface area contributed by atoms with Gasteiger partial charge in [0.05, 0.1) is 10.6 Å². The molecule has 3 aromatic rings. The lowest BCUT2D eigenvalue weighted by atomic mass is 9.92. The third-order valence-electron chi connectivity index (χ3n) is 5.56. The normalized spacial score (nSPS) is 16.5. The van der Waals surface area contributed by atoms with Gasteiger partial charge in [0, 0.05) is 24.7 Å². The first-order chi connectivity index (χ1) is 15.1. The number of fused-ring (bicyclic) bond motifs is 2. The lowest BCUT2D eigenvalue weighted by molar-refractivity contribution is -0.121. The average Bonchev–Trinajstić information content (AvgIpc) is 3.26. The van der Waals surface area contributed by atoms with Gasteiger partial charge in [0.2, 0.25) is 12.7 Å². The molecule has 2 heterocycles. The Kier molecular flexibility index (Phi) is 5.00. The van der Waals surface area contributed by atoms with Crippen LogP contribution in [0.25, 0.3) is 0 Å². The Morgan fingerprint density at radius 1 is 0.935 bits per heavy atom. The molecule has 1 unspecified atom stereocenters. The van der Waals surface area contributed by atoms with Gasteiger partial charge in [0.25, 0.3) is 5.91 Å². The van der Waals surface area contributed by atoms with Gasteiger partial charge in [-0.05, 0) is 35.4 Å². The van der Waals surface area contributed by atoms with Crippen molar-refractivity contribution in [1.29, 1.82) is 0 Å². The van der Waals surface area contributed by atoms with E-state index in [9.17, 15) is 9.59 Å². The molecule has 0 bridgehead atoms. The van der Waals surface area contributed by atoms with Crippen LogP contribution in [0.2, 0.25) is 5.02 Å². The van der Waals surface area contributed by atoms with Crippen molar-refractivity contribution in [1.82, 2.24) is 4.90 Å². The molecule has 31 heavy (non-hydrogen) atoms. The van der Waals surface area contributed by atoms with Gasteiger partial charge in [0.15, 0.2) is 11.5 Å². The summed E-state index contributed by atoms with van der Waals surface area (Å²) in [5, 5.41) is 3.28. The van der Waals surface area contributed by atoms with E-state index in [1.165, 1.54) is 0 Å². The van der Waals surface area contributed by atoms with Crippen LogP contribution in [0.4, 0.5) is 5.69 Å². The number of amides is 2. The van der Waals surface area contributed by atoms with Crippen molar-refractivity contribution in [3.63, 3.8) is 0 Å². The fraction of sp³-hybridized carbons (Fsp3) is 0.167. The largest absolute Gasteiger partial charge is 0.454 e. The SMILES string of the molecule is O=C(Nc1ccc2c(c1)OCO2)C1Cc2ccccc2CN1C(=O)c1ccccc1Cl. The van der Waals surface area contributed by atoms with Crippen LogP contribution in [0.15, 0.2) is 66.7 Å². The Balaban J connectivity index is 1.45. The summed E-state index contributed by atoms with van der Waals surface area (Å²) in [7, 11) is 0. The van der Waals surface area contributed by atoms with Crippen LogP contribution in [0.1, 0.15) is 21.5 Å². The summed E-state index contributed by atoms with van der Waals surface area (Å²) in [6.45, 7) is 0.492. The molecule has 5 rings (SSSR count). The number of hydrogen-bond acceptors (Lipinski definition) is 4. The van der Waals surface area contributed by atoms with E-state index in [1.54, 1.807) is 47.4 Å². The number of nitrogens with one attached hydrogen (secondary N) is 1. The number of rotatable bonds is 3. The molecule has 2 amide bonds. The zero-order chi connectivity index (χ0) is 21.4. The topological polar surface area (TPSA) is 67.9 Å². The number of nitrogens with zero attached hydrogens (tertiary/aromatic N) is 1. The minimum absolute atomic E-state index is 0.159. The van der Waals surface area contributed by atoms with E-state index < -0.39 is 6.04 Å². The van der Waals surface area contributed by atoms with Crippen molar-refractivity contribution in [2.45, 2.75) is 19.0 Å². The maximum absolute atomic E-state index is 13.4. The minimum atomic E-state index is -0.677. The van der Waals surface area contributed by atoms with Crippen LogP contribution in [-0.4, -0.2) is 29.5 Å². The molecule has 0 saturated carbocycles. The number of hydrogen-bond donors (Lipinski definition) is 1. The Morgan fingerprint density at radius 3 is 2.52 bits per heavy atom. The van der Waals surface area contributed by atoms with Crippen molar-refractivity contribution in [2.24, 2.45) is 0 Å². The number of anilines is 1. The third kappa shape index (κ3) is 3.70. The van der Waals surface area contributed by atoms with E-state index in [0.29, 0.717) is 40.7 Å². The first-order valence-electron chi connectivity index (χ1n) is 9.93. The predicted molar refractivity (Wildman–Crippen MR) is 116 cm³/mol. The summed E-state index contributed by atoms with van der Waals surface area (Å²) in [4.78, 5) is 28.3. The number of ether oxygens (including phenoxy) is 2. The Bertz CT molecular complexity index is 1180. The van der Waals surface area contributed by atoms with E-state index in [4.69, 9.17) is 21.1 Å². The van der Waals surface area contributed by atoms with Gasteiger partial charge < -0.3 is 19.7 Å². The highest BCUT2D eigenvalue weighted by molar-refractivity contribution is 6.33. The first-order valence-corrected chi connectivity index (χ1v) is 10.3. The van der Waals surface area contributed by atoms with Gasteiger partial charge in [-0.3, -0.25) is 9.59 Å². The fourth-order valence-corrected chi connectivity index (χ4v) is 4.18. The predicted octanol–water partition coefficient (Wildman–Crippen LogP) is 4.27. The molecule has 6 nitrogen and oxygen atoms in total. The van der Waals surface area contributed by atoms with Crippen LogP contribution in [0, 0.1) is 0 Å². The summed E-state index contributed by atoms with van der Waals surface area (Å²) in [6.07, 6.45) is 0.419. The zero-order valence-corrected chi connectivity index (χ0v) is 17.3. The second kappa shape index (κ2) is 7.96. The van der Waals surface area contributed by atoms with Crippen LogP contribution in [0.5, 0.6) is 11.5 Å². The lowest BCUT2D eigenvalue weighted by Gasteiger charge is -2.36. The van der Waals surface area contributed by atoms with Crippen LogP contribution < -0.4 is 14.8 Å². The number of halogens is 1. The third-order valence-corrected chi connectivity index (χ3v) is 5.89. The van der Waals surface area contributed by atoms with Crippen LogP contribution in [0.3, 0.4) is 0 Å². The number of carbonyl (C=O) groups excluding carboxylic acids is 2. The highest BCUT2D eigenvalue weighted by atomic mass is 35.5. The second-order valence-corrected chi connectivity index (χ2v) is 7.87. The monoisotopic (exact) mass is 434 g/mol. The van der Waals surface area contributed by atoms with Crippen molar-refractivity contribution >= 4 is 29.1 Å². The van der Waals surface area contributed by atoms with Crippen molar-refractivity contribution in [2.75, 3.05) is 12.1 Å². The van der Waals surface area contributed by atoms with E-state index in [0.717, 1.165) is 11.1 Å². The van der Waals surface area contributed by atoms with Gasteiger partial charge in [-0.2, -0.15) is 0 Å². The van der Waals surface area contributed by atoms with Gasteiger partial charge in [-0.25, -0.2) is 0 Å². The minimum Gasteiger partial charge on any atom is -0.454 e. The van der Waals surface area contributed by atoms with Gasteiger partial charge in [0.1, 0.15) is 6.04 Å². The molecular weight excluding hydrogens is 416 g/mol. The van der Waals surface area contributed by atoms with E-state index >= 15 is 0 Å². The summed E-state index contributed by atoms with van der Waals surface area (Å²) in [6, 6.07) is 19.3. The van der Waals surface area contributed by atoms with Gasteiger partial charge in [-0.15, -0.1) is 0 Å². The molecule has 2 aliphatic heterocycles. The Hall–Kier alpha value is -3.51. The molecule has 0 aliphatic carbocycles. The Labute approximate surface area is 184 Å². The van der Waals surface area contributed by atoms with Crippen LogP contribution >= 0.6 is 11.6 Å². The average molecular weight is 435 g/mol. The molecule has 1 atom stereocenters. The molecule has 156 valence electrons. The second-order valence-electron chi connectivity index (χ2n) is 7.46. The van der Waals surface area contributed by atoms with E-state index in [2.05, 4.69) is 5.32 Å². The van der Waals surface area contributed by atoms with E-state index in [1.807, 2.05) is 24.3 Å². The van der Waals surface area contributed by atoms with Gasteiger partial charge >= 0.3 is 0 Å². The fourth-order valence-electron chi connectivity index (χ4n) is 3.96. The molecule has 7 heteroatoms. The molecule has 2 aliphatic rings. The molecule has 1 N–H and O–H groups in total. The maximum atomic E-state index is 13.4. The number of carbonyl (C=O) groups is 2. The summed E-state index contributed by atoms with van der Waals surface area (Å²) in [5.74, 6) is 0.676. The van der Waals surface area contributed by atoms with Crippen LogP contribution in [-0.2, 0) is 17.8 Å². The lowest BCUT2D eigenvalue weighted by Crippen LogP contribution is -2.50. The summed E-state index contributed by atoms with van der Waals surface area (Å²) in [5.41, 5.74) is 3.04. The molecule has 0 aromatic heterocycles. The summed E-state index contributed by atoms with van der Waals surface area (Å²) >= 11 is 6.28. The smallest absolute Gasteiger partial charge is 0.256 e. The first kappa shape index (κ1) is 19.5. The molecular formula is C24H19ClN2O4. The molecule has 0 fully saturated rings. The van der Waals surface area contributed by atoms with Crippen molar-refractivity contribution in [3.05, 3.63) is 88.4 Å². The highest BCUT2D eigenvalue weighted by Crippen LogP contribution is 2.34. The number of benzene rings is 3. The quantitative estimate of drug-likeness (QED) is 0.668.